The SMILES string of the molecule is Cc1cc2c(cc1/C=C/c1ccc(C(=O)O)c(C)c1)C(C)(C)CC(O)C2(C)C. The van der Waals surface area contributed by atoms with E-state index < -0.39 is 5.97 Å². The third-order valence-electron chi connectivity index (χ3n) is 6.30. The van der Waals surface area contributed by atoms with E-state index in [1.165, 1.54) is 16.7 Å². The highest BCUT2D eigenvalue weighted by Crippen LogP contribution is 2.46. The first kappa shape index (κ1) is 20.3. The van der Waals surface area contributed by atoms with Crippen LogP contribution in [0.1, 0.15) is 77.9 Å². The molecular weight excluding hydrogens is 348 g/mol. The van der Waals surface area contributed by atoms with E-state index in [1.54, 1.807) is 6.07 Å². The van der Waals surface area contributed by atoms with Crippen LogP contribution in [0.25, 0.3) is 12.2 Å². The van der Waals surface area contributed by atoms with Crippen LogP contribution in [0.2, 0.25) is 0 Å². The number of carboxylic acids is 1. The Hall–Kier alpha value is -2.39. The molecule has 0 spiro atoms. The molecule has 0 saturated carbocycles. The van der Waals surface area contributed by atoms with Gasteiger partial charge in [-0.25, -0.2) is 4.79 Å². The lowest BCUT2D eigenvalue weighted by atomic mass is 9.61. The number of aliphatic hydroxyl groups excluding tert-OH is 1. The monoisotopic (exact) mass is 378 g/mol. The Morgan fingerprint density at radius 1 is 1.00 bits per heavy atom. The van der Waals surface area contributed by atoms with Crippen molar-refractivity contribution in [3.8, 4) is 0 Å². The first-order valence-electron chi connectivity index (χ1n) is 9.79. The van der Waals surface area contributed by atoms with Gasteiger partial charge in [0.25, 0.3) is 0 Å². The fourth-order valence-electron chi connectivity index (χ4n) is 4.24. The second kappa shape index (κ2) is 6.89. The van der Waals surface area contributed by atoms with Crippen molar-refractivity contribution in [2.45, 2.75) is 64.9 Å². The minimum Gasteiger partial charge on any atom is -0.478 e. The lowest BCUT2D eigenvalue weighted by molar-refractivity contribution is 0.0582. The fourth-order valence-corrected chi connectivity index (χ4v) is 4.24. The average Bonchev–Trinajstić information content (AvgIpc) is 2.58. The van der Waals surface area contributed by atoms with E-state index in [1.807, 2.05) is 25.1 Å². The van der Waals surface area contributed by atoms with E-state index in [0.717, 1.165) is 23.1 Å². The Balaban J connectivity index is 2.02. The maximum Gasteiger partial charge on any atom is 0.335 e. The smallest absolute Gasteiger partial charge is 0.335 e. The minimum absolute atomic E-state index is 0.0831. The molecule has 1 atom stereocenters. The van der Waals surface area contributed by atoms with E-state index >= 15 is 0 Å². The zero-order chi connectivity index (χ0) is 20.9. The molecule has 2 aromatic carbocycles. The van der Waals surface area contributed by atoms with Crippen LogP contribution in [0.5, 0.6) is 0 Å². The van der Waals surface area contributed by atoms with Gasteiger partial charge in [-0.2, -0.15) is 0 Å². The van der Waals surface area contributed by atoms with Crippen LogP contribution in [0.3, 0.4) is 0 Å². The van der Waals surface area contributed by atoms with E-state index in [9.17, 15) is 15.0 Å². The van der Waals surface area contributed by atoms with Gasteiger partial charge in [0.15, 0.2) is 0 Å². The first-order chi connectivity index (χ1) is 12.9. The van der Waals surface area contributed by atoms with Crippen molar-refractivity contribution >= 4 is 18.1 Å². The van der Waals surface area contributed by atoms with Gasteiger partial charge in [-0.3, -0.25) is 0 Å². The zero-order valence-electron chi connectivity index (χ0n) is 17.6. The molecule has 1 aliphatic carbocycles. The Morgan fingerprint density at radius 3 is 2.29 bits per heavy atom. The Bertz CT molecular complexity index is 964. The Morgan fingerprint density at radius 2 is 1.68 bits per heavy atom. The summed E-state index contributed by atoms with van der Waals surface area (Å²) >= 11 is 0. The second-order valence-corrected chi connectivity index (χ2v) is 9.29. The predicted molar refractivity (Wildman–Crippen MR) is 115 cm³/mol. The number of benzene rings is 2. The highest BCUT2D eigenvalue weighted by atomic mass is 16.4. The van der Waals surface area contributed by atoms with Crippen LogP contribution in [-0.4, -0.2) is 22.3 Å². The standard InChI is InChI=1S/C25H30O3/c1-15-12-21-20(24(3,4)14-22(26)25(21,5)6)13-18(15)9-7-17-8-10-19(23(27)28)16(2)11-17/h7-13,22,26H,14H2,1-6H3,(H,27,28)/b9-7+. The van der Waals surface area contributed by atoms with Crippen molar-refractivity contribution in [2.75, 3.05) is 0 Å². The molecule has 0 radical (unpaired) electrons. The van der Waals surface area contributed by atoms with Gasteiger partial charge in [-0.1, -0.05) is 64.1 Å². The number of aliphatic hydroxyl groups is 1. The lowest BCUT2D eigenvalue weighted by Crippen LogP contribution is -2.45. The van der Waals surface area contributed by atoms with Gasteiger partial charge < -0.3 is 10.2 Å². The van der Waals surface area contributed by atoms with Gasteiger partial charge in [-0.05, 0) is 65.1 Å². The van der Waals surface area contributed by atoms with E-state index in [4.69, 9.17) is 0 Å². The second-order valence-electron chi connectivity index (χ2n) is 9.29. The summed E-state index contributed by atoms with van der Waals surface area (Å²) in [5.74, 6) is -0.898. The predicted octanol–water partition coefficient (Wildman–Crippen LogP) is 5.49. The summed E-state index contributed by atoms with van der Waals surface area (Å²) in [5, 5.41) is 19.9. The molecule has 148 valence electrons. The van der Waals surface area contributed by atoms with E-state index in [0.29, 0.717) is 5.56 Å². The number of carbonyl (C=O) groups is 1. The quantitative estimate of drug-likeness (QED) is 0.694. The number of aryl methyl sites for hydroxylation is 2. The van der Waals surface area contributed by atoms with Crippen LogP contribution in [-0.2, 0) is 10.8 Å². The van der Waals surface area contributed by atoms with Crippen molar-refractivity contribution in [3.05, 3.63) is 69.3 Å². The first-order valence-corrected chi connectivity index (χ1v) is 9.79. The largest absolute Gasteiger partial charge is 0.478 e. The molecule has 0 heterocycles. The highest BCUT2D eigenvalue weighted by Gasteiger charge is 2.43. The Labute approximate surface area is 167 Å². The molecule has 0 aliphatic heterocycles. The van der Waals surface area contributed by atoms with Gasteiger partial charge in [-0.15, -0.1) is 0 Å². The molecule has 28 heavy (non-hydrogen) atoms. The molecule has 1 unspecified atom stereocenters. The van der Waals surface area contributed by atoms with Crippen LogP contribution in [0.4, 0.5) is 0 Å². The number of carboxylic acid groups (broad SMARTS) is 1. The Kier molecular flexibility index (Phi) is 5.01. The van der Waals surface area contributed by atoms with Crippen LogP contribution in [0.15, 0.2) is 30.3 Å². The molecule has 0 amide bonds. The van der Waals surface area contributed by atoms with Crippen LogP contribution >= 0.6 is 0 Å². The molecule has 0 saturated heterocycles. The molecule has 1 aliphatic rings. The maximum absolute atomic E-state index is 11.2. The summed E-state index contributed by atoms with van der Waals surface area (Å²) < 4.78 is 0. The van der Waals surface area contributed by atoms with Gasteiger partial charge in [0.05, 0.1) is 11.7 Å². The van der Waals surface area contributed by atoms with Crippen molar-refractivity contribution in [2.24, 2.45) is 0 Å². The van der Waals surface area contributed by atoms with Crippen molar-refractivity contribution < 1.29 is 15.0 Å². The summed E-state index contributed by atoms with van der Waals surface area (Å²) in [4.78, 5) is 11.2. The van der Waals surface area contributed by atoms with Crippen LogP contribution < -0.4 is 0 Å². The summed E-state index contributed by atoms with van der Waals surface area (Å²) in [5.41, 5.74) is 6.58. The maximum atomic E-state index is 11.2. The number of hydrogen-bond donors (Lipinski definition) is 2. The third kappa shape index (κ3) is 3.51. The summed E-state index contributed by atoms with van der Waals surface area (Å²) in [6.45, 7) is 12.5. The minimum atomic E-state index is -0.898. The summed E-state index contributed by atoms with van der Waals surface area (Å²) in [7, 11) is 0. The molecule has 3 nitrogen and oxygen atoms in total. The normalized spacial score (nSPS) is 20.2. The van der Waals surface area contributed by atoms with Gasteiger partial charge in [0.2, 0.25) is 0 Å². The molecule has 3 rings (SSSR count). The zero-order valence-corrected chi connectivity index (χ0v) is 17.6. The molecule has 0 bridgehead atoms. The molecule has 0 aromatic heterocycles. The topological polar surface area (TPSA) is 57.5 Å². The highest BCUT2D eigenvalue weighted by molar-refractivity contribution is 5.90. The van der Waals surface area contributed by atoms with Crippen molar-refractivity contribution in [3.63, 3.8) is 0 Å². The van der Waals surface area contributed by atoms with E-state index in [-0.39, 0.29) is 16.9 Å². The van der Waals surface area contributed by atoms with Gasteiger partial charge in [0, 0.05) is 5.41 Å². The molecule has 3 heteroatoms. The average molecular weight is 379 g/mol. The number of rotatable bonds is 3. The van der Waals surface area contributed by atoms with Crippen LogP contribution in [0, 0.1) is 13.8 Å². The lowest BCUT2D eigenvalue weighted by Gasteiger charge is -2.45. The summed E-state index contributed by atoms with van der Waals surface area (Å²) in [6, 6.07) is 9.87. The molecular formula is C25H30O3. The molecule has 0 fully saturated rings. The van der Waals surface area contributed by atoms with Gasteiger partial charge >= 0.3 is 5.97 Å². The molecule has 2 N–H and O–H groups in total. The summed E-state index contributed by atoms with van der Waals surface area (Å²) in [6.07, 6.45) is 4.52. The third-order valence-corrected chi connectivity index (χ3v) is 6.30. The number of fused-ring (bicyclic) bond motifs is 1. The fraction of sp³-hybridized carbons (Fsp3) is 0.400. The van der Waals surface area contributed by atoms with Crippen molar-refractivity contribution in [1.82, 2.24) is 0 Å². The van der Waals surface area contributed by atoms with E-state index in [2.05, 4.69) is 52.8 Å². The number of aromatic carboxylic acids is 1. The number of hydrogen-bond acceptors (Lipinski definition) is 2. The van der Waals surface area contributed by atoms with Gasteiger partial charge in [0.1, 0.15) is 0 Å². The molecule has 2 aromatic rings. The van der Waals surface area contributed by atoms with Crippen molar-refractivity contribution in [1.29, 1.82) is 0 Å².